The summed E-state index contributed by atoms with van der Waals surface area (Å²) in [5.74, 6) is -2.51. The predicted molar refractivity (Wildman–Crippen MR) is 90.8 cm³/mol. The Bertz CT molecular complexity index is 1130. The SMILES string of the molecule is NC(=O)/C(=C/n1cnc(-c2cc(C(F)(F)F)nc(C(F)(F)F)c2)n1)c1ccncc1F. The van der Waals surface area contributed by atoms with Crippen molar-refractivity contribution in [1.82, 2.24) is 24.7 Å². The van der Waals surface area contributed by atoms with Crippen molar-refractivity contribution < 1.29 is 35.5 Å². The van der Waals surface area contributed by atoms with Gasteiger partial charge in [-0.05, 0) is 18.2 Å². The number of alkyl halides is 6. The number of rotatable bonds is 4. The predicted octanol–water partition coefficient (Wildman–Crippen LogP) is 3.40. The van der Waals surface area contributed by atoms with E-state index in [1.165, 1.54) is 6.20 Å². The van der Waals surface area contributed by atoms with E-state index in [-0.39, 0.29) is 5.56 Å². The van der Waals surface area contributed by atoms with Crippen LogP contribution in [0.2, 0.25) is 0 Å². The normalized spacial score (nSPS) is 12.8. The van der Waals surface area contributed by atoms with Gasteiger partial charge in [0, 0.05) is 23.5 Å². The number of nitrogens with two attached hydrogens (primary N) is 1. The quantitative estimate of drug-likeness (QED) is 0.489. The van der Waals surface area contributed by atoms with Crippen LogP contribution in [0.5, 0.6) is 0 Å². The van der Waals surface area contributed by atoms with Crippen LogP contribution in [0.1, 0.15) is 17.0 Å². The molecule has 162 valence electrons. The zero-order valence-corrected chi connectivity index (χ0v) is 14.9. The van der Waals surface area contributed by atoms with E-state index < -0.39 is 52.4 Å². The highest BCUT2D eigenvalue weighted by Gasteiger charge is 2.39. The summed E-state index contributed by atoms with van der Waals surface area (Å²) in [5.41, 5.74) is 0.377. The molecule has 0 fully saturated rings. The first-order valence-corrected chi connectivity index (χ1v) is 8.06. The Morgan fingerprint density at radius 3 is 2.19 bits per heavy atom. The Balaban J connectivity index is 2.08. The van der Waals surface area contributed by atoms with Crippen LogP contribution in [0, 0.1) is 5.82 Å². The van der Waals surface area contributed by atoms with Crippen molar-refractivity contribution in [1.29, 1.82) is 0 Å². The number of carbonyl (C=O) groups is 1. The lowest BCUT2D eigenvalue weighted by atomic mass is 10.1. The lowest BCUT2D eigenvalue weighted by Gasteiger charge is -2.11. The van der Waals surface area contributed by atoms with Crippen LogP contribution >= 0.6 is 0 Å². The number of aromatic nitrogens is 5. The Morgan fingerprint density at radius 1 is 1.06 bits per heavy atom. The molecular formula is C17H9F7N6O. The van der Waals surface area contributed by atoms with Crippen molar-refractivity contribution in [2.45, 2.75) is 12.4 Å². The van der Waals surface area contributed by atoms with E-state index in [4.69, 9.17) is 5.73 Å². The highest BCUT2D eigenvalue weighted by atomic mass is 19.4. The van der Waals surface area contributed by atoms with E-state index in [9.17, 15) is 35.5 Å². The molecule has 0 saturated heterocycles. The van der Waals surface area contributed by atoms with Crippen LogP contribution in [-0.2, 0) is 17.1 Å². The summed E-state index contributed by atoms with van der Waals surface area (Å²) in [6.07, 6.45) is -6.53. The molecule has 3 heterocycles. The molecule has 0 atom stereocenters. The van der Waals surface area contributed by atoms with E-state index in [1.54, 1.807) is 0 Å². The van der Waals surface area contributed by atoms with Crippen LogP contribution in [0.4, 0.5) is 30.7 Å². The second-order valence-corrected chi connectivity index (χ2v) is 5.93. The first kappa shape index (κ1) is 21.9. The Labute approximate surface area is 168 Å². The molecule has 0 spiro atoms. The van der Waals surface area contributed by atoms with E-state index in [1.807, 2.05) is 0 Å². The minimum absolute atomic E-state index is 0.248. The Kier molecular flexibility index (Phi) is 5.48. The number of primary amides is 1. The third-order valence-electron chi connectivity index (χ3n) is 3.76. The molecule has 0 aromatic carbocycles. The summed E-state index contributed by atoms with van der Waals surface area (Å²) in [4.78, 5) is 21.4. The van der Waals surface area contributed by atoms with Crippen LogP contribution in [0.25, 0.3) is 23.2 Å². The van der Waals surface area contributed by atoms with Crippen LogP contribution < -0.4 is 5.73 Å². The van der Waals surface area contributed by atoms with Crippen molar-refractivity contribution in [3.05, 3.63) is 59.7 Å². The molecule has 1 amide bonds. The van der Waals surface area contributed by atoms with E-state index in [2.05, 4.69) is 20.1 Å². The number of carbonyl (C=O) groups excluding carboxylic acids is 1. The minimum atomic E-state index is -5.16. The van der Waals surface area contributed by atoms with Gasteiger partial charge in [-0.15, -0.1) is 5.10 Å². The van der Waals surface area contributed by atoms with E-state index >= 15 is 0 Å². The molecule has 3 aromatic rings. The molecular weight excluding hydrogens is 437 g/mol. The van der Waals surface area contributed by atoms with E-state index in [0.29, 0.717) is 12.1 Å². The van der Waals surface area contributed by atoms with E-state index in [0.717, 1.165) is 29.5 Å². The topological polar surface area (TPSA) is 99.6 Å². The van der Waals surface area contributed by atoms with Gasteiger partial charge in [-0.25, -0.2) is 19.0 Å². The van der Waals surface area contributed by atoms with Gasteiger partial charge in [-0.3, -0.25) is 9.78 Å². The molecule has 2 N–H and O–H groups in total. The fraction of sp³-hybridized carbons (Fsp3) is 0.118. The number of hydrogen-bond acceptors (Lipinski definition) is 5. The second kappa shape index (κ2) is 7.77. The average Bonchev–Trinajstić information content (AvgIpc) is 3.14. The number of halogens is 7. The van der Waals surface area contributed by atoms with Gasteiger partial charge in [0.2, 0.25) is 0 Å². The molecule has 0 aliphatic heterocycles. The van der Waals surface area contributed by atoms with Gasteiger partial charge in [0.25, 0.3) is 5.91 Å². The highest BCUT2D eigenvalue weighted by molar-refractivity contribution is 6.22. The maximum absolute atomic E-state index is 13.9. The monoisotopic (exact) mass is 446 g/mol. The smallest absolute Gasteiger partial charge is 0.366 e. The second-order valence-electron chi connectivity index (χ2n) is 5.93. The molecule has 0 aliphatic rings. The standard InChI is InChI=1S/C17H9F7N6O/c18-11-5-26-2-1-9(11)10(14(25)31)6-30-7-27-15(29-30)8-3-12(16(19,20)21)28-13(4-8)17(22,23)24/h1-7H,(H2,25,31)/b10-6+. The number of amides is 1. The number of nitrogens with zero attached hydrogens (tertiary/aromatic N) is 5. The molecule has 0 bridgehead atoms. The van der Waals surface area contributed by atoms with Gasteiger partial charge >= 0.3 is 12.4 Å². The van der Waals surface area contributed by atoms with Gasteiger partial charge in [0.05, 0.1) is 11.8 Å². The highest BCUT2D eigenvalue weighted by Crippen LogP contribution is 2.35. The van der Waals surface area contributed by atoms with Gasteiger partial charge in [0.1, 0.15) is 23.5 Å². The largest absolute Gasteiger partial charge is 0.433 e. The van der Waals surface area contributed by atoms with Crippen molar-refractivity contribution in [2.75, 3.05) is 0 Å². The zero-order chi connectivity index (χ0) is 23.0. The molecule has 7 nitrogen and oxygen atoms in total. The maximum Gasteiger partial charge on any atom is 0.433 e. The third-order valence-corrected chi connectivity index (χ3v) is 3.76. The molecule has 3 rings (SSSR count). The van der Waals surface area contributed by atoms with Crippen LogP contribution in [-0.4, -0.2) is 30.6 Å². The number of hydrogen-bond donors (Lipinski definition) is 1. The molecule has 0 unspecified atom stereocenters. The first-order valence-electron chi connectivity index (χ1n) is 8.06. The lowest BCUT2D eigenvalue weighted by molar-refractivity contribution is -0.150. The fourth-order valence-corrected chi connectivity index (χ4v) is 2.41. The van der Waals surface area contributed by atoms with Crippen molar-refractivity contribution in [3.8, 4) is 11.4 Å². The molecule has 0 saturated carbocycles. The first-order chi connectivity index (χ1) is 14.4. The van der Waals surface area contributed by atoms with Crippen LogP contribution in [0.15, 0.2) is 36.9 Å². The van der Waals surface area contributed by atoms with Gasteiger partial charge in [0.15, 0.2) is 5.82 Å². The van der Waals surface area contributed by atoms with Crippen molar-refractivity contribution in [3.63, 3.8) is 0 Å². The Hall–Kier alpha value is -3.84. The number of pyridine rings is 2. The molecule has 0 aliphatic carbocycles. The van der Waals surface area contributed by atoms with Crippen LogP contribution in [0.3, 0.4) is 0 Å². The summed E-state index contributed by atoms with van der Waals surface area (Å²) in [7, 11) is 0. The van der Waals surface area contributed by atoms with Crippen molar-refractivity contribution >= 4 is 17.7 Å². The minimum Gasteiger partial charge on any atom is -0.366 e. The average molecular weight is 446 g/mol. The molecule has 31 heavy (non-hydrogen) atoms. The van der Waals surface area contributed by atoms with Gasteiger partial charge in [-0.2, -0.15) is 26.3 Å². The molecule has 0 radical (unpaired) electrons. The Morgan fingerprint density at radius 2 is 1.68 bits per heavy atom. The third kappa shape index (κ3) is 4.84. The molecule has 14 heteroatoms. The summed E-state index contributed by atoms with van der Waals surface area (Å²) in [6, 6.07) is 1.82. The van der Waals surface area contributed by atoms with Crippen molar-refractivity contribution in [2.24, 2.45) is 5.73 Å². The van der Waals surface area contributed by atoms with Gasteiger partial charge < -0.3 is 5.73 Å². The lowest BCUT2D eigenvalue weighted by Crippen LogP contribution is -2.15. The summed E-state index contributed by atoms with van der Waals surface area (Å²) < 4.78 is 92.5. The summed E-state index contributed by atoms with van der Waals surface area (Å²) >= 11 is 0. The maximum atomic E-state index is 13.9. The summed E-state index contributed by atoms with van der Waals surface area (Å²) in [5, 5.41) is 3.73. The fourth-order valence-electron chi connectivity index (χ4n) is 2.41. The summed E-state index contributed by atoms with van der Waals surface area (Å²) in [6.45, 7) is 0. The van der Waals surface area contributed by atoms with Gasteiger partial charge in [-0.1, -0.05) is 0 Å². The molecule has 3 aromatic heterocycles. The zero-order valence-electron chi connectivity index (χ0n) is 14.9.